The number of likely N-dealkylation sites (tertiary alicyclic amines) is 2. The van der Waals surface area contributed by atoms with Gasteiger partial charge in [0.05, 0.1) is 12.2 Å². The summed E-state index contributed by atoms with van der Waals surface area (Å²) in [7, 11) is 0. The van der Waals surface area contributed by atoms with E-state index in [2.05, 4.69) is 38.8 Å². The number of nitrogens with two attached hydrogens (primary N) is 2. The smallest absolute Gasteiger partial charge is 0.246 e. The highest BCUT2D eigenvalue weighted by Gasteiger charge is 2.47. The minimum absolute atomic E-state index is 0.00397. The molecule has 1 unspecified atom stereocenters. The number of carbonyl (C=O) groups is 9. The van der Waals surface area contributed by atoms with E-state index < -0.39 is 107 Å². The number of carbonyl (C=O) groups excluding carboxylic acids is 9. The van der Waals surface area contributed by atoms with Gasteiger partial charge in [-0.2, -0.15) is 0 Å². The number of nitrogens with zero attached hydrogens (tertiary/aromatic N) is 2. The van der Waals surface area contributed by atoms with Crippen molar-refractivity contribution in [1.82, 2.24) is 41.7 Å². The number of rotatable bonds is 31. The van der Waals surface area contributed by atoms with Crippen LogP contribution in [-0.4, -0.2) is 152 Å². The Morgan fingerprint density at radius 2 is 1.14 bits per heavy atom. The molecule has 0 aliphatic carbocycles. The van der Waals surface area contributed by atoms with E-state index in [1.165, 1.54) is 37.5 Å². The molecule has 12 N–H and O–H groups in total. The molecule has 0 radical (unpaired) electrons. The van der Waals surface area contributed by atoms with Crippen molar-refractivity contribution < 1.29 is 53.4 Å². The maximum absolute atomic E-state index is 14.1. The van der Waals surface area contributed by atoms with Gasteiger partial charge in [0.15, 0.2) is 0 Å². The topological polar surface area (TPSA) is 325 Å². The maximum atomic E-state index is 14.1. The van der Waals surface area contributed by atoms with Crippen LogP contribution in [0.2, 0.25) is 0 Å². The third-order valence-corrected chi connectivity index (χ3v) is 13.6. The maximum Gasteiger partial charge on any atom is 0.246 e. The molecule has 2 heterocycles. The van der Waals surface area contributed by atoms with Gasteiger partial charge in [-0.15, -0.1) is 0 Å². The van der Waals surface area contributed by atoms with Gasteiger partial charge in [0.2, 0.25) is 53.2 Å². The number of nitrogens with one attached hydrogen (secondary N) is 6. The quantitative estimate of drug-likeness (QED) is 0.0438. The normalized spacial score (nSPS) is 20.3. The second kappa shape index (κ2) is 29.7. The van der Waals surface area contributed by atoms with Crippen LogP contribution < -0.4 is 43.4 Å². The van der Waals surface area contributed by atoms with Crippen LogP contribution in [0.15, 0.2) is 0 Å². The lowest BCUT2D eigenvalue weighted by Crippen LogP contribution is -2.65. The summed E-state index contributed by atoms with van der Waals surface area (Å²) in [6, 6.07) is -6.20. The highest BCUT2D eigenvalue weighted by molar-refractivity contribution is 5.99. The summed E-state index contributed by atoms with van der Waals surface area (Å²) >= 11 is 0. The zero-order chi connectivity index (χ0) is 54.7. The van der Waals surface area contributed by atoms with Crippen LogP contribution in [0, 0.1) is 17.8 Å². The Hall–Kier alpha value is -4.89. The Labute approximate surface area is 428 Å². The van der Waals surface area contributed by atoms with Crippen molar-refractivity contribution in [2.24, 2.45) is 29.2 Å². The van der Waals surface area contributed by atoms with E-state index in [-0.39, 0.29) is 81.9 Å². The first-order valence-electron chi connectivity index (χ1n) is 26.4. The molecule has 2 aliphatic rings. The zero-order valence-electron chi connectivity index (χ0n) is 45.2. The lowest BCUT2D eigenvalue weighted by molar-refractivity contribution is -0.147. The van der Waals surface area contributed by atoms with Crippen molar-refractivity contribution in [3.8, 4) is 0 Å². The Balaban J connectivity index is 2.23. The van der Waals surface area contributed by atoms with Gasteiger partial charge in [0, 0.05) is 51.4 Å². The molecule has 2 aliphatic heterocycles. The molecule has 9 atom stereocenters. The van der Waals surface area contributed by atoms with E-state index in [9.17, 15) is 53.4 Å². The van der Waals surface area contributed by atoms with Crippen LogP contribution in [0.3, 0.4) is 0 Å². The van der Waals surface area contributed by atoms with E-state index in [0.717, 1.165) is 38.5 Å². The molecular weight excluding hydrogens is 929 g/mol. The molecular formula is C51H92N10O11. The molecule has 2 saturated heterocycles. The van der Waals surface area contributed by atoms with Crippen LogP contribution in [0.4, 0.5) is 0 Å². The van der Waals surface area contributed by atoms with E-state index in [1.54, 1.807) is 13.8 Å². The molecule has 412 valence electrons. The summed E-state index contributed by atoms with van der Waals surface area (Å²) < 4.78 is 0. The number of hydrogen-bond acceptors (Lipinski definition) is 12. The van der Waals surface area contributed by atoms with Crippen LogP contribution in [0.25, 0.3) is 0 Å². The summed E-state index contributed by atoms with van der Waals surface area (Å²) in [5.74, 6) is -6.22. The zero-order valence-corrected chi connectivity index (χ0v) is 45.2. The minimum Gasteiger partial charge on any atom is -0.391 e. The average molecular weight is 1020 g/mol. The largest absolute Gasteiger partial charge is 0.391 e. The first-order chi connectivity index (χ1) is 33.6. The third-order valence-electron chi connectivity index (χ3n) is 13.6. The molecule has 0 bridgehead atoms. The summed E-state index contributed by atoms with van der Waals surface area (Å²) in [6.07, 6.45) is 5.76. The first kappa shape index (κ1) is 63.2. The van der Waals surface area contributed by atoms with Gasteiger partial charge in [0.25, 0.3) is 0 Å². The number of amides is 9. The Morgan fingerprint density at radius 3 is 1.67 bits per heavy atom. The predicted octanol–water partition coefficient (Wildman–Crippen LogP) is 1.14. The van der Waals surface area contributed by atoms with Gasteiger partial charge < -0.3 is 63.4 Å². The Bertz CT molecular complexity index is 1840. The van der Waals surface area contributed by atoms with E-state index in [0.29, 0.717) is 19.3 Å². The van der Waals surface area contributed by atoms with Crippen molar-refractivity contribution >= 4 is 53.2 Å². The minimum atomic E-state index is -1.75. The SMILES string of the molecule is CCCCCCCCCC(=O)N1C[C@@H](O)C[C@H]1C(=O)N1C[C@@H](O)C[C@H]1C(=O)N[C@H](C(=O)NC(C)(C)C(=O)N[C@@H](CCC(N)=O)C(=O)NC(C)(C)C(=O)N[C@@H](CC(C)C)C(=O)NC(CN)CC(C)C)[C@@H](C)CC. The van der Waals surface area contributed by atoms with Gasteiger partial charge in [-0.3, -0.25) is 43.2 Å². The Kier molecular flexibility index (Phi) is 26.1. The molecule has 21 heteroatoms. The molecule has 0 saturated carbocycles. The lowest BCUT2D eigenvalue weighted by Gasteiger charge is -2.34. The highest BCUT2D eigenvalue weighted by Crippen LogP contribution is 2.27. The van der Waals surface area contributed by atoms with Crippen molar-refractivity contribution in [3.05, 3.63) is 0 Å². The summed E-state index contributed by atoms with van der Waals surface area (Å²) in [5.41, 5.74) is 7.95. The van der Waals surface area contributed by atoms with Crippen LogP contribution in [0.5, 0.6) is 0 Å². The fourth-order valence-corrected chi connectivity index (χ4v) is 9.06. The monoisotopic (exact) mass is 1020 g/mol. The van der Waals surface area contributed by atoms with E-state index >= 15 is 0 Å². The molecule has 2 fully saturated rings. The fraction of sp³-hybridized carbons (Fsp3) is 0.824. The standard InChI is InChI=1S/C51H92N10O11/c1-12-14-15-16-17-18-19-20-41(65)60-28-35(63)26-39(60)47(70)61-29-34(62)25-38(61)45(68)57-42(32(7)13-2)46(69)59-51(10,11)48(71)55-36(21-22-40(53)64)44(67)58-50(8,9)49(72)56-37(24-31(5)6)43(66)54-33(27-52)23-30(3)4/h30-39,42,62-63H,12-29,52H2,1-11H3,(H2,53,64)(H,54,66)(H,55,71)(H,56,72)(H,57,68)(H,58,67)(H,59,69)/t32-,33?,34-,35-,36-,37-,38-,39-,42-/m0/s1. The van der Waals surface area contributed by atoms with Gasteiger partial charge >= 0.3 is 0 Å². The highest BCUT2D eigenvalue weighted by atomic mass is 16.3. The second-order valence-electron chi connectivity index (χ2n) is 22.1. The van der Waals surface area contributed by atoms with Gasteiger partial charge in [0.1, 0.15) is 41.3 Å². The molecule has 72 heavy (non-hydrogen) atoms. The molecule has 2 rings (SSSR count). The van der Waals surface area contributed by atoms with Crippen molar-refractivity contribution in [3.63, 3.8) is 0 Å². The summed E-state index contributed by atoms with van der Waals surface area (Å²) in [5, 5.41) is 37.6. The number of primary amides is 1. The summed E-state index contributed by atoms with van der Waals surface area (Å²) in [4.78, 5) is 125. The Morgan fingerprint density at radius 1 is 0.625 bits per heavy atom. The average Bonchev–Trinajstić information content (AvgIpc) is 3.89. The third kappa shape index (κ3) is 20.2. The van der Waals surface area contributed by atoms with Gasteiger partial charge in [-0.1, -0.05) is 93.4 Å². The van der Waals surface area contributed by atoms with Gasteiger partial charge in [-0.25, -0.2) is 0 Å². The fourth-order valence-electron chi connectivity index (χ4n) is 9.06. The molecule has 21 nitrogen and oxygen atoms in total. The van der Waals surface area contributed by atoms with Crippen molar-refractivity contribution in [2.45, 2.75) is 232 Å². The lowest BCUT2D eigenvalue weighted by atomic mass is 9.95. The molecule has 0 spiro atoms. The van der Waals surface area contributed by atoms with Crippen LogP contribution in [0.1, 0.15) is 172 Å². The number of β-amino-alcohol motifs (C(OH)–C–C–N with tert-alkyl or cyclic N) is 2. The molecule has 9 amide bonds. The number of aliphatic hydroxyl groups is 2. The van der Waals surface area contributed by atoms with Gasteiger partial charge in [-0.05, 0) is 71.1 Å². The van der Waals surface area contributed by atoms with E-state index in [4.69, 9.17) is 11.5 Å². The van der Waals surface area contributed by atoms with Crippen LogP contribution >= 0.6 is 0 Å². The summed E-state index contributed by atoms with van der Waals surface area (Å²) in [6.45, 7) is 19.0. The second-order valence-corrected chi connectivity index (χ2v) is 22.1. The molecule has 0 aromatic carbocycles. The first-order valence-corrected chi connectivity index (χ1v) is 26.4. The van der Waals surface area contributed by atoms with Crippen molar-refractivity contribution in [1.29, 1.82) is 0 Å². The predicted molar refractivity (Wildman–Crippen MR) is 273 cm³/mol. The number of aliphatic hydroxyl groups excluding tert-OH is 2. The van der Waals surface area contributed by atoms with Crippen LogP contribution in [-0.2, 0) is 43.2 Å². The van der Waals surface area contributed by atoms with E-state index in [1.807, 2.05) is 27.7 Å². The molecule has 0 aromatic rings. The molecule has 0 aromatic heterocycles. The number of hydrogen-bond donors (Lipinski definition) is 10. The van der Waals surface area contributed by atoms with Crippen molar-refractivity contribution in [2.75, 3.05) is 19.6 Å². The number of unbranched alkanes of at least 4 members (excludes halogenated alkanes) is 6.